The number of rotatable bonds is 6. The lowest BCUT2D eigenvalue weighted by Gasteiger charge is -2.28. The SMILES string of the molecule is CCCCC1(Oc2c(C)cc(-c3nnn(C)n3)cc2C)CCOO1. The summed E-state index contributed by atoms with van der Waals surface area (Å²) in [6, 6.07) is 4.03. The Kier molecular flexibility index (Phi) is 4.82. The zero-order chi connectivity index (χ0) is 17.2. The van der Waals surface area contributed by atoms with Crippen molar-refractivity contribution in [3.8, 4) is 17.1 Å². The maximum atomic E-state index is 6.31. The van der Waals surface area contributed by atoms with E-state index >= 15 is 0 Å². The molecule has 3 rings (SSSR count). The molecule has 0 N–H and O–H groups in total. The first-order valence-electron chi connectivity index (χ1n) is 8.38. The van der Waals surface area contributed by atoms with Gasteiger partial charge in [0.05, 0.1) is 13.7 Å². The minimum absolute atomic E-state index is 0.559. The van der Waals surface area contributed by atoms with Crippen LogP contribution in [0.1, 0.15) is 43.7 Å². The lowest BCUT2D eigenvalue weighted by atomic mass is 10.0. The van der Waals surface area contributed by atoms with Crippen molar-refractivity contribution in [1.29, 1.82) is 0 Å². The molecule has 130 valence electrons. The molecule has 1 aromatic carbocycles. The van der Waals surface area contributed by atoms with Gasteiger partial charge in [-0.25, -0.2) is 4.89 Å². The summed E-state index contributed by atoms with van der Waals surface area (Å²) in [5, 5.41) is 12.2. The number of aryl methyl sites for hydroxylation is 3. The predicted molar refractivity (Wildman–Crippen MR) is 88.2 cm³/mol. The number of ether oxygens (including phenoxy) is 1. The van der Waals surface area contributed by atoms with E-state index in [0.717, 1.165) is 48.1 Å². The standard InChI is InChI=1S/C17H24N4O3/c1-5-6-7-17(8-9-22-24-17)23-15-12(2)10-14(11-13(15)3)16-18-20-21(4)19-16/h10-11H,5-9H2,1-4H3. The second-order valence-corrected chi connectivity index (χ2v) is 6.31. The van der Waals surface area contributed by atoms with Crippen LogP contribution in [0.5, 0.6) is 5.75 Å². The topological polar surface area (TPSA) is 71.3 Å². The average molecular weight is 332 g/mol. The third-order valence-electron chi connectivity index (χ3n) is 4.20. The second kappa shape index (κ2) is 6.86. The molecule has 0 saturated carbocycles. The first-order chi connectivity index (χ1) is 11.5. The summed E-state index contributed by atoms with van der Waals surface area (Å²) < 4.78 is 6.31. The van der Waals surface area contributed by atoms with Crippen molar-refractivity contribution in [2.75, 3.05) is 6.61 Å². The van der Waals surface area contributed by atoms with Crippen LogP contribution in [0.3, 0.4) is 0 Å². The van der Waals surface area contributed by atoms with E-state index in [2.05, 4.69) is 22.3 Å². The van der Waals surface area contributed by atoms with Gasteiger partial charge in [-0.05, 0) is 48.7 Å². The summed E-state index contributed by atoms with van der Waals surface area (Å²) in [6.45, 7) is 6.75. The lowest BCUT2D eigenvalue weighted by Crippen LogP contribution is -2.35. The monoisotopic (exact) mass is 332 g/mol. The first-order valence-corrected chi connectivity index (χ1v) is 8.38. The molecule has 1 fully saturated rings. The highest BCUT2D eigenvalue weighted by atomic mass is 17.2. The van der Waals surface area contributed by atoms with Gasteiger partial charge in [-0.15, -0.1) is 10.2 Å². The quantitative estimate of drug-likeness (QED) is 0.757. The summed E-state index contributed by atoms with van der Waals surface area (Å²) >= 11 is 0. The van der Waals surface area contributed by atoms with Gasteiger partial charge in [0.1, 0.15) is 5.75 Å². The number of nitrogens with zero attached hydrogens (tertiary/aromatic N) is 4. The van der Waals surface area contributed by atoms with Crippen LogP contribution >= 0.6 is 0 Å². The Morgan fingerprint density at radius 2 is 2.04 bits per heavy atom. The van der Waals surface area contributed by atoms with Gasteiger partial charge in [0.2, 0.25) is 11.6 Å². The zero-order valence-electron chi connectivity index (χ0n) is 14.7. The molecule has 1 unspecified atom stereocenters. The van der Waals surface area contributed by atoms with E-state index in [1.54, 1.807) is 7.05 Å². The van der Waals surface area contributed by atoms with Crippen LogP contribution in [-0.2, 0) is 16.8 Å². The summed E-state index contributed by atoms with van der Waals surface area (Å²) in [5.41, 5.74) is 2.96. The second-order valence-electron chi connectivity index (χ2n) is 6.31. The van der Waals surface area contributed by atoms with Crippen LogP contribution in [0.15, 0.2) is 12.1 Å². The van der Waals surface area contributed by atoms with Crippen molar-refractivity contribution >= 4 is 0 Å². The Morgan fingerprint density at radius 3 is 2.58 bits per heavy atom. The number of tetrazole rings is 1. The largest absolute Gasteiger partial charge is 0.459 e. The van der Waals surface area contributed by atoms with E-state index < -0.39 is 5.79 Å². The minimum Gasteiger partial charge on any atom is -0.459 e. The molecule has 0 radical (unpaired) electrons. The Balaban J connectivity index is 1.88. The fourth-order valence-electron chi connectivity index (χ4n) is 2.95. The van der Waals surface area contributed by atoms with E-state index in [4.69, 9.17) is 14.5 Å². The Labute approximate surface area is 141 Å². The van der Waals surface area contributed by atoms with Crippen LogP contribution in [-0.4, -0.2) is 32.6 Å². The van der Waals surface area contributed by atoms with Gasteiger partial charge in [-0.2, -0.15) is 9.68 Å². The number of benzene rings is 1. The molecule has 0 aliphatic carbocycles. The molecule has 0 bridgehead atoms. The highest BCUT2D eigenvalue weighted by Gasteiger charge is 2.39. The van der Waals surface area contributed by atoms with Gasteiger partial charge in [0.15, 0.2) is 0 Å². The van der Waals surface area contributed by atoms with Gasteiger partial charge in [-0.3, -0.25) is 0 Å². The molecule has 0 amide bonds. The highest BCUT2D eigenvalue weighted by Crippen LogP contribution is 2.37. The van der Waals surface area contributed by atoms with Crippen molar-refractivity contribution in [3.63, 3.8) is 0 Å². The number of hydrogen-bond acceptors (Lipinski definition) is 6. The van der Waals surface area contributed by atoms with Gasteiger partial charge < -0.3 is 4.74 Å². The van der Waals surface area contributed by atoms with Crippen molar-refractivity contribution in [2.24, 2.45) is 7.05 Å². The minimum atomic E-state index is -0.683. The van der Waals surface area contributed by atoms with Crippen molar-refractivity contribution in [2.45, 2.75) is 52.2 Å². The highest BCUT2D eigenvalue weighted by molar-refractivity contribution is 5.60. The molecule has 7 heteroatoms. The molecule has 2 aromatic rings. The maximum Gasteiger partial charge on any atom is 0.243 e. The van der Waals surface area contributed by atoms with Gasteiger partial charge >= 0.3 is 0 Å². The summed E-state index contributed by atoms with van der Waals surface area (Å²) in [4.78, 5) is 12.1. The van der Waals surface area contributed by atoms with Crippen molar-refractivity contribution in [3.05, 3.63) is 23.3 Å². The van der Waals surface area contributed by atoms with E-state index in [1.165, 1.54) is 4.80 Å². The van der Waals surface area contributed by atoms with E-state index in [9.17, 15) is 0 Å². The summed E-state index contributed by atoms with van der Waals surface area (Å²) in [5.74, 6) is 0.762. The molecule has 24 heavy (non-hydrogen) atoms. The van der Waals surface area contributed by atoms with Gasteiger partial charge in [0, 0.05) is 18.4 Å². The van der Waals surface area contributed by atoms with Crippen LogP contribution in [0.4, 0.5) is 0 Å². The van der Waals surface area contributed by atoms with Crippen LogP contribution in [0, 0.1) is 13.8 Å². The normalized spacial score (nSPS) is 20.5. The third-order valence-corrected chi connectivity index (χ3v) is 4.20. The fourth-order valence-corrected chi connectivity index (χ4v) is 2.95. The molecular formula is C17H24N4O3. The van der Waals surface area contributed by atoms with Gasteiger partial charge in [0.25, 0.3) is 0 Å². The molecule has 1 aliphatic rings. The van der Waals surface area contributed by atoms with E-state index in [0.29, 0.717) is 12.4 Å². The molecule has 0 spiro atoms. The Hall–Kier alpha value is -1.99. The molecule has 1 atom stereocenters. The predicted octanol–water partition coefficient (Wildman–Crippen LogP) is 3.11. The maximum absolute atomic E-state index is 6.31. The summed E-state index contributed by atoms with van der Waals surface area (Å²) in [6.07, 6.45) is 3.67. The average Bonchev–Trinajstić information content (AvgIpc) is 3.18. The molecule has 2 heterocycles. The number of hydrogen-bond donors (Lipinski definition) is 0. The van der Waals surface area contributed by atoms with Crippen molar-refractivity contribution < 1.29 is 14.5 Å². The van der Waals surface area contributed by atoms with E-state index in [-0.39, 0.29) is 0 Å². The van der Waals surface area contributed by atoms with Crippen LogP contribution < -0.4 is 4.74 Å². The smallest absolute Gasteiger partial charge is 0.243 e. The van der Waals surface area contributed by atoms with Gasteiger partial charge in [-0.1, -0.05) is 13.3 Å². The zero-order valence-corrected chi connectivity index (χ0v) is 14.7. The lowest BCUT2D eigenvalue weighted by molar-refractivity contribution is -0.359. The fraction of sp³-hybridized carbons (Fsp3) is 0.588. The van der Waals surface area contributed by atoms with Crippen molar-refractivity contribution in [1.82, 2.24) is 20.2 Å². The number of aromatic nitrogens is 4. The van der Waals surface area contributed by atoms with Crippen LogP contribution in [0.25, 0.3) is 11.4 Å². The third kappa shape index (κ3) is 3.42. The summed E-state index contributed by atoms with van der Waals surface area (Å²) in [7, 11) is 1.75. The molecule has 7 nitrogen and oxygen atoms in total. The molecule has 1 aliphatic heterocycles. The van der Waals surface area contributed by atoms with Crippen LogP contribution in [0.2, 0.25) is 0 Å². The molecule has 1 aromatic heterocycles. The molecule has 1 saturated heterocycles. The van der Waals surface area contributed by atoms with E-state index in [1.807, 2.05) is 26.0 Å². The molecular weight excluding hydrogens is 308 g/mol. The Morgan fingerprint density at radius 1 is 1.29 bits per heavy atom. The number of unbranched alkanes of at least 4 members (excludes halogenated alkanes) is 1. The first kappa shape index (κ1) is 16.9. The Bertz CT molecular complexity index is 685.